The third-order valence-electron chi connectivity index (χ3n) is 5.91. The number of rotatable bonds is 8. The number of hydrogen-bond donors (Lipinski definition) is 3. The average molecular weight is 511 g/mol. The van der Waals surface area contributed by atoms with Crippen LogP contribution in [0.2, 0.25) is 0 Å². The molecule has 0 saturated carbocycles. The summed E-state index contributed by atoms with van der Waals surface area (Å²) in [5.74, 6) is -2.21. The number of carboxylic acid groups (broad SMARTS) is 1. The Bertz CT molecular complexity index is 1050. The summed E-state index contributed by atoms with van der Waals surface area (Å²) in [5, 5.41) is 21.3. The van der Waals surface area contributed by atoms with E-state index < -0.39 is 29.2 Å². The van der Waals surface area contributed by atoms with Crippen molar-refractivity contribution in [1.82, 2.24) is 24.9 Å². The highest BCUT2D eigenvalue weighted by Crippen LogP contribution is 2.40. The number of amides is 2. The van der Waals surface area contributed by atoms with Gasteiger partial charge in [-0.3, -0.25) is 14.5 Å². The van der Waals surface area contributed by atoms with Crippen LogP contribution in [-0.4, -0.2) is 106 Å². The first-order valence-corrected chi connectivity index (χ1v) is 12.6. The normalized spacial score (nSPS) is 24.4. The monoisotopic (exact) mass is 510 g/mol. The van der Waals surface area contributed by atoms with Gasteiger partial charge < -0.3 is 35.6 Å². The molecular weight excluding hydrogens is 484 g/mol. The zero-order valence-corrected chi connectivity index (χ0v) is 20.4. The number of oxime groups is 1. The molecule has 4 rings (SSSR count). The minimum Gasteiger partial charge on any atom is -0.543 e. The Labute approximate surface area is 204 Å². The van der Waals surface area contributed by atoms with Gasteiger partial charge in [-0.15, -0.1) is 11.8 Å². The van der Waals surface area contributed by atoms with E-state index in [9.17, 15) is 19.5 Å². The van der Waals surface area contributed by atoms with Gasteiger partial charge in [0.05, 0.1) is 31.8 Å². The van der Waals surface area contributed by atoms with E-state index in [-0.39, 0.29) is 29.0 Å². The summed E-state index contributed by atoms with van der Waals surface area (Å²) in [7, 11) is 2.08. The summed E-state index contributed by atoms with van der Waals surface area (Å²) in [5.41, 5.74) is 5.98. The Morgan fingerprint density at radius 1 is 1.41 bits per heavy atom. The van der Waals surface area contributed by atoms with Gasteiger partial charge in [0.1, 0.15) is 24.6 Å². The molecule has 0 unspecified atom stereocenters. The molecule has 3 aliphatic heterocycles. The predicted octanol–water partition coefficient (Wildman–Crippen LogP) is -2.69. The number of piperazine rings is 1. The van der Waals surface area contributed by atoms with Gasteiger partial charge >= 0.3 is 0 Å². The van der Waals surface area contributed by atoms with E-state index >= 15 is 0 Å². The number of hydrogen-bond acceptors (Lipinski definition) is 12. The highest BCUT2D eigenvalue weighted by atomic mass is 32.2. The average Bonchev–Trinajstić information content (AvgIpc) is 3.23. The maximum atomic E-state index is 13.0. The number of aromatic nitrogens is 2. The van der Waals surface area contributed by atoms with Crippen LogP contribution in [0.15, 0.2) is 16.4 Å². The van der Waals surface area contributed by atoms with Crippen molar-refractivity contribution in [2.45, 2.75) is 18.3 Å². The third kappa shape index (κ3) is 4.73. The Kier molecular flexibility index (Phi) is 7.06. The third-order valence-corrected chi connectivity index (χ3v) is 7.79. The molecule has 2 atom stereocenters. The van der Waals surface area contributed by atoms with E-state index in [2.05, 4.69) is 32.2 Å². The minimum atomic E-state index is -1.39. The van der Waals surface area contributed by atoms with Gasteiger partial charge in [0.2, 0.25) is 11.5 Å². The van der Waals surface area contributed by atoms with Crippen molar-refractivity contribution < 1.29 is 28.8 Å². The summed E-state index contributed by atoms with van der Waals surface area (Å²) in [6.45, 7) is 5.85. The molecule has 0 spiro atoms. The number of nitrogen functional groups attached to an aromatic ring is 1. The number of β-lactam (4-membered cyclic amide) rings is 1. The molecule has 3 aliphatic rings. The quantitative estimate of drug-likeness (QED) is 0.145. The molecule has 13 nitrogen and oxygen atoms in total. The van der Waals surface area contributed by atoms with E-state index in [4.69, 9.17) is 10.6 Å². The van der Waals surface area contributed by atoms with E-state index in [1.165, 1.54) is 16.7 Å². The fourth-order valence-electron chi connectivity index (χ4n) is 4.20. The molecule has 15 heteroatoms. The second kappa shape index (κ2) is 9.85. The maximum Gasteiger partial charge on any atom is 0.278 e. The number of nitrogens with zero attached hydrogens (tertiary/aromatic N) is 5. The van der Waals surface area contributed by atoms with Crippen molar-refractivity contribution in [2.75, 3.05) is 57.9 Å². The number of nitrogens with one attached hydrogen (secondary N) is 2. The molecule has 2 saturated heterocycles. The van der Waals surface area contributed by atoms with Gasteiger partial charge in [-0.1, -0.05) is 5.16 Å². The number of quaternary nitrogens is 1. The molecule has 34 heavy (non-hydrogen) atoms. The topological polar surface area (TPSA) is 175 Å². The lowest BCUT2D eigenvalue weighted by atomic mass is 10.0. The lowest BCUT2D eigenvalue weighted by molar-refractivity contribution is -0.906. The molecular formula is C19H26N8O5S2. The van der Waals surface area contributed by atoms with Gasteiger partial charge in [0.25, 0.3) is 11.8 Å². The molecule has 4 N–H and O–H groups in total. The molecule has 4 heterocycles. The number of fused-ring (bicyclic) bond motifs is 1. The molecule has 1 aromatic heterocycles. The molecule has 2 amide bonds. The number of carboxylic acids is 1. The van der Waals surface area contributed by atoms with E-state index in [1.54, 1.807) is 6.92 Å². The van der Waals surface area contributed by atoms with E-state index in [1.807, 2.05) is 0 Å². The van der Waals surface area contributed by atoms with Crippen molar-refractivity contribution in [3.63, 3.8) is 0 Å². The summed E-state index contributed by atoms with van der Waals surface area (Å²) < 4.78 is 4.67. The van der Waals surface area contributed by atoms with Crippen molar-refractivity contribution in [1.29, 1.82) is 0 Å². The standard InChI is InChI=1S/C19H26N8O5S2/c1-3-32-24-11(14-23-19(20)34-25-14)15(28)22-12-16(29)26-13(18(30)31)10(9-33-17(12)26)8-27(2)6-4-21-5-7-27/h12,17,21H,3-9H2,1-2H3,(H3-,20,22,23,25,28,30,31)/t12-,17+/m1/s1. The molecule has 0 bridgehead atoms. The van der Waals surface area contributed by atoms with Crippen molar-refractivity contribution in [3.05, 3.63) is 17.1 Å². The molecule has 0 aliphatic carbocycles. The van der Waals surface area contributed by atoms with Crippen LogP contribution in [-0.2, 0) is 19.2 Å². The highest BCUT2D eigenvalue weighted by molar-refractivity contribution is 8.00. The smallest absolute Gasteiger partial charge is 0.278 e. The maximum absolute atomic E-state index is 13.0. The van der Waals surface area contributed by atoms with Crippen molar-refractivity contribution in [2.24, 2.45) is 5.16 Å². The fraction of sp³-hybridized carbons (Fsp3) is 0.579. The van der Waals surface area contributed by atoms with Crippen molar-refractivity contribution in [3.8, 4) is 0 Å². The zero-order valence-electron chi connectivity index (χ0n) is 18.8. The van der Waals surface area contributed by atoms with Gasteiger partial charge in [-0.2, -0.15) is 9.36 Å². The first-order chi connectivity index (χ1) is 16.2. The predicted molar refractivity (Wildman–Crippen MR) is 123 cm³/mol. The second-order valence-electron chi connectivity index (χ2n) is 8.39. The van der Waals surface area contributed by atoms with Gasteiger partial charge in [-0.05, 0) is 6.92 Å². The molecule has 0 aromatic carbocycles. The molecule has 1 aromatic rings. The first-order valence-electron chi connectivity index (χ1n) is 10.8. The minimum absolute atomic E-state index is 0.0148. The van der Waals surface area contributed by atoms with Crippen LogP contribution in [0.3, 0.4) is 0 Å². The largest absolute Gasteiger partial charge is 0.543 e. The van der Waals surface area contributed by atoms with Crippen molar-refractivity contribution >= 4 is 51.9 Å². The van der Waals surface area contributed by atoms with Crippen LogP contribution in [0.25, 0.3) is 0 Å². The van der Waals surface area contributed by atoms with Crippen LogP contribution in [0.1, 0.15) is 12.7 Å². The Hall–Kier alpha value is -2.75. The molecule has 184 valence electrons. The summed E-state index contributed by atoms with van der Waals surface area (Å²) >= 11 is 2.30. The van der Waals surface area contributed by atoms with Gasteiger partial charge in [0, 0.05) is 35.9 Å². The lowest BCUT2D eigenvalue weighted by Crippen LogP contribution is -2.72. The number of anilines is 1. The Morgan fingerprint density at radius 3 is 2.76 bits per heavy atom. The van der Waals surface area contributed by atoms with Crippen LogP contribution in [0, 0.1) is 0 Å². The zero-order chi connectivity index (χ0) is 24.5. The second-order valence-corrected chi connectivity index (χ2v) is 10.3. The summed E-state index contributed by atoms with van der Waals surface area (Å²) in [6, 6.07) is -0.930. The van der Waals surface area contributed by atoms with E-state index in [0.29, 0.717) is 22.4 Å². The Morgan fingerprint density at radius 2 is 2.15 bits per heavy atom. The Balaban J connectivity index is 1.51. The number of nitrogens with two attached hydrogens (primary N) is 1. The highest BCUT2D eigenvalue weighted by Gasteiger charge is 2.53. The SMILES string of the molecule is CCON=C(C(=O)N[C@@H]1C(=O)N2C(C(=O)[O-])=C(C[N+]3(C)CCNCC3)CS[C@@H]12)c1nsc(N)n1. The number of carbonyl (C=O) groups excluding carboxylic acids is 3. The first kappa shape index (κ1) is 24.4. The van der Waals surface area contributed by atoms with Crippen LogP contribution >= 0.6 is 23.3 Å². The number of likely N-dealkylation sites (N-methyl/N-ethyl adjacent to an activating group) is 1. The van der Waals surface area contributed by atoms with Crippen LogP contribution < -0.4 is 21.5 Å². The number of carbonyl (C=O) groups is 3. The van der Waals surface area contributed by atoms with Gasteiger partial charge in [-0.25, -0.2) is 0 Å². The number of thioether (sulfide) groups is 1. The molecule has 2 fully saturated rings. The molecule has 0 radical (unpaired) electrons. The van der Waals surface area contributed by atoms with Crippen LogP contribution in [0.5, 0.6) is 0 Å². The summed E-state index contributed by atoms with van der Waals surface area (Å²) in [6.07, 6.45) is 0. The summed E-state index contributed by atoms with van der Waals surface area (Å²) in [4.78, 5) is 48.1. The van der Waals surface area contributed by atoms with Gasteiger partial charge in [0.15, 0.2) is 5.13 Å². The van der Waals surface area contributed by atoms with Crippen LogP contribution in [0.4, 0.5) is 5.13 Å². The number of aliphatic carboxylic acids is 1. The fourth-order valence-corrected chi connectivity index (χ4v) is 5.97. The lowest BCUT2D eigenvalue weighted by Gasteiger charge is -2.51. The van der Waals surface area contributed by atoms with E-state index in [0.717, 1.165) is 37.7 Å².